The number of likely N-dealkylation sites (N-methyl/N-ethyl adjacent to an activating group) is 2. The van der Waals surface area contributed by atoms with Gasteiger partial charge >= 0.3 is 12.4 Å². The van der Waals surface area contributed by atoms with Crippen LogP contribution in [0.4, 0.5) is 38.0 Å². The number of fused-ring (bicyclic) bond motifs is 2. The Morgan fingerprint density at radius 3 is 1.36 bits per heavy atom. The van der Waals surface area contributed by atoms with E-state index >= 15 is 0 Å². The van der Waals surface area contributed by atoms with Crippen LogP contribution in [0.2, 0.25) is 0 Å². The molecule has 0 aromatic carbocycles. The molecule has 2 fully saturated rings. The summed E-state index contributed by atoms with van der Waals surface area (Å²) in [5.74, 6) is 1.05. The second-order valence-electron chi connectivity index (χ2n) is 11.8. The zero-order chi connectivity index (χ0) is 33.6. The zero-order valence-corrected chi connectivity index (χ0v) is 27.7. The molecule has 10 nitrogen and oxygen atoms in total. The van der Waals surface area contributed by atoms with Gasteiger partial charge in [-0.3, -0.25) is 0 Å². The lowest BCUT2D eigenvalue weighted by Crippen LogP contribution is -2.38. The van der Waals surface area contributed by atoms with Crippen molar-refractivity contribution in [2.24, 2.45) is 11.5 Å². The number of nitrogens with zero attached hydrogens (tertiary/aromatic N) is 6. The first-order valence-electron chi connectivity index (χ1n) is 14.4. The van der Waals surface area contributed by atoms with Gasteiger partial charge in [-0.1, -0.05) is 0 Å². The van der Waals surface area contributed by atoms with Gasteiger partial charge in [0.25, 0.3) is 0 Å². The lowest BCUT2D eigenvalue weighted by Gasteiger charge is -2.28. The second kappa shape index (κ2) is 14.5. The highest BCUT2D eigenvalue weighted by Crippen LogP contribution is 2.37. The van der Waals surface area contributed by atoms with Crippen LogP contribution in [0, 0.1) is 0 Å². The van der Waals surface area contributed by atoms with Crippen molar-refractivity contribution in [2.75, 3.05) is 23.9 Å². The molecule has 0 aliphatic heterocycles. The molecule has 2 aliphatic rings. The summed E-state index contributed by atoms with van der Waals surface area (Å²) in [6, 6.07) is 2.40. The maximum Gasteiger partial charge on any atom is 0.393 e. The van der Waals surface area contributed by atoms with E-state index in [0.717, 1.165) is 22.7 Å². The number of aliphatic hydroxyl groups is 2. The highest BCUT2D eigenvalue weighted by atomic mass is 35.5. The number of aromatic nitrogens is 4. The van der Waals surface area contributed by atoms with Crippen molar-refractivity contribution in [3.63, 3.8) is 0 Å². The molecule has 4 heterocycles. The summed E-state index contributed by atoms with van der Waals surface area (Å²) in [7, 11) is 3.55. The molecular formula is C28H35ClF6N8O2S2. The maximum atomic E-state index is 12.6. The van der Waals surface area contributed by atoms with E-state index in [1.54, 1.807) is 23.9 Å². The van der Waals surface area contributed by atoms with Crippen LogP contribution in [0.5, 0.6) is 0 Å². The Hall–Kier alpha value is -2.61. The van der Waals surface area contributed by atoms with Gasteiger partial charge < -0.3 is 31.5 Å². The minimum absolute atomic E-state index is 0. The fourth-order valence-corrected chi connectivity index (χ4v) is 8.17. The third-order valence-electron chi connectivity index (χ3n) is 8.20. The number of thiophene rings is 2. The minimum atomic E-state index is -4.26. The topological polar surface area (TPSA) is 151 Å². The molecule has 0 amide bonds. The standard InChI is InChI=1S/2C14H17F3N4OS.ClH/c2*1-21(10-2-7(18)3-11(10)22)12-9-4-8(5-14(15,16)17)23-13(9)20-6-19-12;/h2*4,6-7,10-11,22H,2-3,5,18H2,1H3;1H/t2*7-,10+,11-;/m11./s1. The number of hydrogen-bond acceptors (Lipinski definition) is 12. The first kappa shape index (κ1) is 37.2. The molecule has 2 aliphatic carbocycles. The highest BCUT2D eigenvalue weighted by molar-refractivity contribution is 7.19. The Kier molecular flexibility index (Phi) is 11.5. The van der Waals surface area contributed by atoms with Crippen molar-refractivity contribution in [2.45, 2.75) is 87.3 Å². The van der Waals surface area contributed by atoms with Crippen molar-refractivity contribution < 1.29 is 36.6 Å². The van der Waals surface area contributed by atoms with Crippen molar-refractivity contribution in [3.8, 4) is 0 Å². The molecule has 0 radical (unpaired) electrons. The van der Waals surface area contributed by atoms with E-state index < -0.39 is 37.4 Å². The lowest BCUT2D eigenvalue weighted by molar-refractivity contribution is -0.127. The molecule has 6 atom stereocenters. The van der Waals surface area contributed by atoms with Gasteiger partial charge in [0.1, 0.15) is 34.0 Å². The second-order valence-corrected chi connectivity index (χ2v) is 14.0. The van der Waals surface area contributed by atoms with Gasteiger partial charge in [0.05, 0.1) is 47.9 Å². The number of halogens is 7. The Morgan fingerprint density at radius 1 is 0.702 bits per heavy atom. The van der Waals surface area contributed by atoms with Crippen LogP contribution in [0.1, 0.15) is 35.4 Å². The quantitative estimate of drug-likeness (QED) is 0.208. The fraction of sp³-hybridized carbons (Fsp3) is 0.571. The van der Waals surface area contributed by atoms with Crippen LogP contribution in [-0.2, 0) is 12.8 Å². The Morgan fingerprint density at radius 2 is 1.06 bits per heavy atom. The van der Waals surface area contributed by atoms with Crippen molar-refractivity contribution in [1.82, 2.24) is 19.9 Å². The number of aliphatic hydroxyl groups excluding tert-OH is 2. The van der Waals surface area contributed by atoms with Crippen molar-refractivity contribution >= 4 is 67.1 Å². The molecule has 0 spiro atoms. The summed E-state index contributed by atoms with van der Waals surface area (Å²) in [6.45, 7) is 0. The SMILES string of the molecule is CN(c1ncnc2sc(CC(F)(F)F)cc12)[C@H]1C[C@@H](N)C[C@H]1O.CN(c1ncnc2sc(CC(F)(F)F)cc12)[C@H]1C[C@@H](N)C[C@H]1O.Cl. The molecule has 4 aromatic heterocycles. The summed E-state index contributed by atoms with van der Waals surface area (Å²) in [5.41, 5.74) is 11.8. The summed E-state index contributed by atoms with van der Waals surface area (Å²) in [4.78, 5) is 21.6. The van der Waals surface area contributed by atoms with Crippen LogP contribution in [0.25, 0.3) is 20.4 Å². The first-order chi connectivity index (χ1) is 21.5. The van der Waals surface area contributed by atoms with E-state index in [1.165, 1.54) is 24.8 Å². The highest BCUT2D eigenvalue weighted by Gasteiger charge is 2.37. The van der Waals surface area contributed by atoms with Gasteiger partial charge in [-0.2, -0.15) is 26.3 Å². The van der Waals surface area contributed by atoms with Crippen molar-refractivity contribution in [1.29, 1.82) is 0 Å². The summed E-state index contributed by atoms with van der Waals surface area (Å²) >= 11 is 2.03. The van der Waals surface area contributed by atoms with E-state index in [2.05, 4.69) is 19.9 Å². The predicted molar refractivity (Wildman–Crippen MR) is 172 cm³/mol. The minimum Gasteiger partial charge on any atom is -0.391 e. The molecule has 6 rings (SSSR count). The Bertz CT molecular complexity index is 1540. The number of rotatable bonds is 6. The van der Waals surface area contributed by atoms with Gasteiger partial charge in [0.15, 0.2) is 0 Å². The first-order valence-corrected chi connectivity index (χ1v) is 16.1. The molecule has 47 heavy (non-hydrogen) atoms. The molecule has 0 bridgehead atoms. The normalized spacial score (nSPS) is 24.7. The lowest BCUT2D eigenvalue weighted by atomic mass is 10.1. The average molecular weight is 729 g/mol. The molecular weight excluding hydrogens is 694 g/mol. The predicted octanol–water partition coefficient (Wildman–Crippen LogP) is 4.59. The zero-order valence-electron chi connectivity index (χ0n) is 25.2. The van der Waals surface area contributed by atoms with Gasteiger partial charge in [-0.05, 0) is 37.8 Å². The smallest absolute Gasteiger partial charge is 0.391 e. The molecule has 19 heteroatoms. The number of alkyl halides is 6. The monoisotopic (exact) mass is 728 g/mol. The molecule has 0 unspecified atom stereocenters. The molecule has 6 N–H and O–H groups in total. The van der Waals surface area contributed by atoms with Crippen LogP contribution < -0.4 is 21.3 Å². The van der Waals surface area contributed by atoms with Gasteiger partial charge in [-0.15, -0.1) is 35.1 Å². The summed E-state index contributed by atoms with van der Waals surface area (Å²) in [6.07, 6.45) is -6.70. The molecule has 260 valence electrons. The van der Waals surface area contributed by atoms with Crippen LogP contribution in [0.15, 0.2) is 24.8 Å². The van der Waals surface area contributed by atoms with E-state index in [0.29, 0.717) is 57.8 Å². The Labute approximate surface area is 280 Å². The number of anilines is 2. The third kappa shape index (κ3) is 8.90. The van der Waals surface area contributed by atoms with Crippen molar-refractivity contribution in [3.05, 3.63) is 34.5 Å². The maximum absolute atomic E-state index is 12.6. The van der Waals surface area contributed by atoms with Gasteiger partial charge in [-0.25, -0.2) is 19.9 Å². The van der Waals surface area contributed by atoms with Gasteiger partial charge in [0.2, 0.25) is 0 Å². The number of hydrogen-bond donors (Lipinski definition) is 4. The largest absolute Gasteiger partial charge is 0.393 e. The molecule has 4 aromatic rings. The average Bonchev–Trinajstić information content (AvgIpc) is 3.70. The van der Waals surface area contributed by atoms with Crippen LogP contribution in [0.3, 0.4) is 0 Å². The summed E-state index contributed by atoms with van der Waals surface area (Å²) < 4.78 is 75.5. The van der Waals surface area contributed by atoms with E-state index in [-0.39, 0.29) is 46.3 Å². The van der Waals surface area contributed by atoms with Crippen LogP contribution in [-0.4, -0.2) is 93.0 Å². The van der Waals surface area contributed by atoms with Crippen LogP contribution >= 0.6 is 35.1 Å². The van der Waals surface area contributed by atoms with Gasteiger partial charge in [0, 0.05) is 35.9 Å². The van der Waals surface area contributed by atoms with E-state index in [9.17, 15) is 36.6 Å². The fourth-order valence-electron chi connectivity index (χ4n) is 6.13. The van der Waals surface area contributed by atoms with E-state index in [4.69, 9.17) is 11.5 Å². The van der Waals surface area contributed by atoms with E-state index in [1.807, 2.05) is 0 Å². The summed E-state index contributed by atoms with van der Waals surface area (Å²) in [5, 5.41) is 21.4. The molecule has 2 saturated carbocycles. The Balaban J connectivity index is 0.000000208. The third-order valence-corrected chi connectivity index (χ3v) is 10.3. The molecule has 0 saturated heterocycles. The number of nitrogens with two attached hydrogens (primary N) is 2.